The van der Waals surface area contributed by atoms with Gasteiger partial charge in [0.05, 0.1) is 5.75 Å². The molecule has 0 aromatic rings. The molecule has 0 N–H and O–H groups in total. The van der Waals surface area contributed by atoms with E-state index in [0.717, 1.165) is 19.4 Å². The van der Waals surface area contributed by atoms with Crippen LogP contribution in [0.3, 0.4) is 0 Å². The predicted molar refractivity (Wildman–Crippen MR) is 68.9 cm³/mol. The van der Waals surface area contributed by atoms with Crippen LogP contribution in [0.1, 0.15) is 32.6 Å². The summed E-state index contributed by atoms with van der Waals surface area (Å²) in [4.78, 5) is 2.32. The van der Waals surface area contributed by atoms with E-state index in [0.29, 0.717) is 24.2 Å². The fourth-order valence-corrected chi connectivity index (χ4v) is 3.19. The Balaban J connectivity index is 2.35. The zero-order valence-electron chi connectivity index (χ0n) is 9.99. The third kappa shape index (κ3) is 4.60. The van der Waals surface area contributed by atoms with Crippen molar-refractivity contribution < 1.29 is 8.42 Å². The monoisotopic (exact) mass is 267 g/mol. The minimum atomic E-state index is -2.82. The van der Waals surface area contributed by atoms with Crippen molar-refractivity contribution in [2.45, 2.75) is 38.6 Å². The highest BCUT2D eigenvalue weighted by molar-refractivity contribution is 7.91. The van der Waals surface area contributed by atoms with Gasteiger partial charge >= 0.3 is 0 Å². The van der Waals surface area contributed by atoms with Gasteiger partial charge in [-0.25, -0.2) is 8.42 Å². The summed E-state index contributed by atoms with van der Waals surface area (Å²) in [7, 11) is -2.82. The van der Waals surface area contributed by atoms with E-state index in [4.69, 9.17) is 11.6 Å². The standard InChI is InChI=1S/C11H22ClNO2S/c1-2-16(14,15)10-9-13-8-4-6-11(13)5-3-7-12/h11H,2-10H2,1H3. The minimum absolute atomic E-state index is 0.257. The molecule has 5 heteroatoms. The van der Waals surface area contributed by atoms with Gasteiger partial charge in [-0.1, -0.05) is 6.92 Å². The minimum Gasteiger partial charge on any atom is -0.299 e. The molecule has 0 radical (unpaired) electrons. The third-order valence-corrected chi connectivity index (χ3v) is 5.25. The number of alkyl halides is 1. The molecule has 0 aromatic carbocycles. The lowest BCUT2D eigenvalue weighted by atomic mass is 10.1. The number of sulfone groups is 1. The molecule has 96 valence electrons. The van der Waals surface area contributed by atoms with Crippen molar-refractivity contribution in [3.63, 3.8) is 0 Å². The molecule has 1 rings (SSSR count). The van der Waals surface area contributed by atoms with Gasteiger partial charge in [0.2, 0.25) is 0 Å². The van der Waals surface area contributed by atoms with Crippen LogP contribution in [-0.2, 0) is 9.84 Å². The van der Waals surface area contributed by atoms with Crippen molar-refractivity contribution in [2.24, 2.45) is 0 Å². The maximum atomic E-state index is 11.4. The van der Waals surface area contributed by atoms with Gasteiger partial charge in [0.15, 0.2) is 9.84 Å². The molecule has 0 bridgehead atoms. The van der Waals surface area contributed by atoms with Gasteiger partial charge in [-0.05, 0) is 32.2 Å². The van der Waals surface area contributed by atoms with Gasteiger partial charge in [-0.2, -0.15) is 0 Å². The second kappa shape index (κ2) is 6.82. The van der Waals surface area contributed by atoms with Gasteiger partial charge in [-0.3, -0.25) is 4.90 Å². The molecule has 1 heterocycles. The molecular weight excluding hydrogens is 246 g/mol. The largest absolute Gasteiger partial charge is 0.299 e. The van der Waals surface area contributed by atoms with Crippen LogP contribution >= 0.6 is 11.6 Å². The van der Waals surface area contributed by atoms with Crippen LogP contribution < -0.4 is 0 Å². The highest BCUT2D eigenvalue weighted by Crippen LogP contribution is 2.21. The van der Waals surface area contributed by atoms with Crippen LogP contribution in [0.25, 0.3) is 0 Å². The number of halogens is 1. The van der Waals surface area contributed by atoms with E-state index in [1.54, 1.807) is 6.92 Å². The molecule has 1 aliphatic heterocycles. The summed E-state index contributed by atoms with van der Waals surface area (Å²) in [6.45, 7) is 3.46. The second-order valence-electron chi connectivity index (χ2n) is 4.40. The molecule has 16 heavy (non-hydrogen) atoms. The van der Waals surface area contributed by atoms with E-state index in [1.165, 1.54) is 12.8 Å². The molecule has 0 spiro atoms. The summed E-state index contributed by atoms with van der Waals surface area (Å²) in [6.07, 6.45) is 4.53. The zero-order valence-corrected chi connectivity index (χ0v) is 11.6. The average molecular weight is 268 g/mol. The topological polar surface area (TPSA) is 37.4 Å². The Hall–Kier alpha value is 0.200. The van der Waals surface area contributed by atoms with Crippen molar-refractivity contribution >= 4 is 21.4 Å². The average Bonchev–Trinajstić information content (AvgIpc) is 2.71. The van der Waals surface area contributed by atoms with Gasteiger partial charge in [0, 0.05) is 24.2 Å². The van der Waals surface area contributed by atoms with Gasteiger partial charge < -0.3 is 0 Å². The molecule has 0 aliphatic carbocycles. The van der Waals surface area contributed by atoms with Crippen LogP contribution in [0.5, 0.6) is 0 Å². The summed E-state index contributed by atoms with van der Waals surface area (Å²) >= 11 is 5.69. The van der Waals surface area contributed by atoms with Gasteiger partial charge in [0.1, 0.15) is 0 Å². The highest BCUT2D eigenvalue weighted by atomic mass is 35.5. The highest BCUT2D eigenvalue weighted by Gasteiger charge is 2.24. The lowest BCUT2D eigenvalue weighted by Crippen LogP contribution is -2.34. The molecule has 1 saturated heterocycles. The Morgan fingerprint density at radius 2 is 2.19 bits per heavy atom. The molecule has 3 nitrogen and oxygen atoms in total. The van der Waals surface area contributed by atoms with E-state index < -0.39 is 9.84 Å². The smallest absolute Gasteiger partial charge is 0.151 e. The lowest BCUT2D eigenvalue weighted by molar-refractivity contribution is 0.255. The van der Waals surface area contributed by atoms with Crippen molar-refractivity contribution in [1.82, 2.24) is 4.90 Å². The zero-order chi connectivity index (χ0) is 12.0. The quantitative estimate of drug-likeness (QED) is 0.662. The maximum Gasteiger partial charge on any atom is 0.151 e. The van der Waals surface area contributed by atoms with Crippen LogP contribution in [0, 0.1) is 0 Å². The van der Waals surface area contributed by atoms with Crippen LogP contribution in [-0.4, -0.2) is 49.8 Å². The number of nitrogens with zero attached hydrogens (tertiary/aromatic N) is 1. The van der Waals surface area contributed by atoms with Gasteiger partial charge in [-0.15, -0.1) is 11.6 Å². The molecule has 1 atom stereocenters. The Morgan fingerprint density at radius 1 is 1.44 bits per heavy atom. The number of hydrogen-bond donors (Lipinski definition) is 0. The first kappa shape index (κ1) is 14.3. The second-order valence-corrected chi connectivity index (χ2v) is 7.25. The van der Waals surface area contributed by atoms with Crippen molar-refractivity contribution in [3.05, 3.63) is 0 Å². The number of likely N-dealkylation sites (tertiary alicyclic amines) is 1. The van der Waals surface area contributed by atoms with E-state index in [2.05, 4.69) is 4.90 Å². The van der Waals surface area contributed by atoms with Crippen LogP contribution in [0.2, 0.25) is 0 Å². The van der Waals surface area contributed by atoms with E-state index in [9.17, 15) is 8.42 Å². The number of hydrogen-bond acceptors (Lipinski definition) is 3. The van der Waals surface area contributed by atoms with Crippen molar-refractivity contribution in [1.29, 1.82) is 0 Å². The Morgan fingerprint density at radius 3 is 2.81 bits per heavy atom. The van der Waals surface area contributed by atoms with Gasteiger partial charge in [0.25, 0.3) is 0 Å². The number of rotatable bonds is 7. The summed E-state index contributed by atoms with van der Waals surface area (Å²) in [5, 5.41) is 0. The first-order valence-corrected chi connectivity index (χ1v) is 8.45. The third-order valence-electron chi connectivity index (χ3n) is 3.30. The molecule has 0 saturated carbocycles. The summed E-state index contributed by atoms with van der Waals surface area (Å²) in [5.74, 6) is 1.27. The van der Waals surface area contributed by atoms with E-state index in [1.807, 2.05) is 0 Å². The fraction of sp³-hybridized carbons (Fsp3) is 1.00. The molecule has 0 aromatic heterocycles. The normalized spacial score (nSPS) is 22.8. The molecular formula is C11H22ClNO2S. The lowest BCUT2D eigenvalue weighted by Gasteiger charge is -2.23. The van der Waals surface area contributed by atoms with Crippen molar-refractivity contribution in [2.75, 3.05) is 30.5 Å². The predicted octanol–water partition coefficient (Wildman–Crippen LogP) is 1.90. The SMILES string of the molecule is CCS(=O)(=O)CCN1CCCC1CCCCl. The Labute approximate surface area is 104 Å². The first-order valence-electron chi connectivity index (χ1n) is 6.09. The van der Waals surface area contributed by atoms with Crippen LogP contribution in [0.4, 0.5) is 0 Å². The van der Waals surface area contributed by atoms with E-state index in [-0.39, 0.29) is 5.75 Å². The summed E-state index contributed by atoms with van der Waals surface area (Å²) < 4.78 is 22.9. The van der Waals surface area contributed by atoms with Crippen LogP contribution in [0.15, 0.2) is 0 Å². The fourth-order valence-electron chi connectivity index (χ4n) is 2.23. The summed E-state index contributed by atoms with van der Waals surface area (Å²) in [6, 6.07) is 0.561. The van der Waals surface area contributed by atoms with E-state index >= 15 is 0 Å². The first-order chi connectivity index (χ1) is 7.59. The summed E-state index contributed by atoms with van der Waals surface area (Å²) in [5.41, 5.74) is 0. The molecule has 1 aliphatic rings. The Bertz CT molecular complexity index is 292. The molecule has 0 amide bonds. The van der Waals surface area contributed by atoms with Crippen molar-refractivity contribution in [3.8, 4) is 0 Å². The molecule has 1 fully saturated rings. The molecule has 1 unspecified atom stereocenters. The Kier molecular flexibility index (Phi) is 6.08. The maximum absolute atomic E-state index is 11.4.